The van der Waals surface area contributed by atoms with Crippen LogP contribution >= 0.6 is 0 Å². The lowest BCUT2D eigenvalue weighted by molar-refractivity contribution is -0.147. The molecule has 0 aromatic rings. The van der Waals surface area contributed by atoms with E-state index in [1.165, 1.54) is 14.0 Å². The van der Waals surface area contributed by atoms with E-state index in [1.807, 2.05) is 0 Å². The summed E-state index contributed by atoms with van der Waals surface area (Å²) in [5.74, 6) is -0.739. The molecule has 1 saturated carbocycles. The maximum Gasteiger partial charge on any atom is 0.328 e. The highest BCUT2D eigenvalue weighted by atomic mass is 16.5. The van der Waals surface area contributed by atoms with Crippen LogP contribution in [0, 0.1) is 5.92 Å². The Morgan fingerprint density at radius 2 is 2.19 bits per heavy atom. The van der Waals surface area contributed by atoms with Crippen molar-refractivity contribution in [2.75, 3.05) is 7.11 Å². The van der Waals surface area contributed by atoms with Crippen LogP contribution in [0.3, 0.4) is 0 Å². The second-order valence-electron chi connectivity index (χ2n) is 4.10. The molecule has 0 aliphatic heterocycles. The fourth-order valence-corrected chi connectivity index (χ4v) is 2.06. The molecule has 5 nitrogen and oxygen atoms in total. The van der Waals surface area contributed by atoms with Crippen molar-refractivity contribution in [2.24, 2.45) is 5.92 Å². The lowest BCUT2D eigenvalue weighted by atomic mass is 9.83. The van der Waals surface area contributed by atoms with E-state index in [4.69, 9.17) is 0 Å². The summed E-state index contributed by atoms with van der Waals surface area (Å²) in [5.41, 5.74) is 0. The smallest absolute Gasteiger partial charge is 0.328 e. The highest BCUT2D eigenvalue weighted by Crippen LogP contribution is 2.25. The van der Waals surface area contributed by atoms with Gasteiger partial charge in [0.05, 0.1) is 7.11 Å². The molecule has 1 N–H and O–H groups in total. The van der Waals surface area contributed by atoms with E-state index in [0.29, 0.717) is 12.8 Å². The number of carbonyl (C=O) groups is 3. The molecule has 16 heavy (non-hydrogen) atoms. The van der Waals surface area contributed by atoms with E-state index >= 15 is 0 Å². The number of hydrogen-bond donors (Lipinski definition) is 1. The Morgan fingerprint density at radius 1 is 1.50 bits per heavy atom. The van der Waals surface area contributed by atoms with Gasteiger partial charge in [0, 0.05) is 19.8 Å². The van der Waals surface area contributed by atoms with Crippen molar-refractivity contribution >= 4 is 17.7 Å². The fourth-order valence-electron chi connectivity index (χ4n) is 2.06. The van der Waals surface area contributed by atoms with Crippen LogP contribution < -0.4 is 5.32 Å². The molecule has 5 heteroatoms. The normalized spacial score (nSPS) is 22.4. The third kappa shape index (κ3) is 3.32. The number of methoxy groups -OCH3 is 1. The highest BCUT2D eigenvalue weighted by Gasteiger charge is 2.33. The molecule has 0 spiro atoms. The molecule has 0 aromatic carbocycles. The third-order valence-electron chi connectivity index (χ3n) is 2.81. The summed E-state index contributed by atoms with van der Waals surface area (Å²) < 4.78 is 4.64. The first-order valence-electron chi connectivity index (χ1n) is 5.41. The van der Waals surface area contributed by atoms with E-state index in [9.17, 15) is 14.4 Å². The molecule has 1 amide bonds. The number of Topliss-reactive ketones (excluding diaryl/α,β-unsaturated/α-hetero) is 1. The number of nitrogens with one attached hydrogen (secondary N) is 1. The summed E-state index contributed by atoms with van der Waals surface area (Å²) >= 11 is 0. The Bertz CT molecular complexity index is 300. The zero-order valence-corrected chi connectivity index (χ0v) is 9.62. The van der Waals surface area contributed by atoms with E-state index in [-0.39, 0.29) is 17.6 Å². The number of amides is 1. The summed E-state index contributed by atoms with van der Waals surface area (Å²) in [6.07, 6.45) is 2.47. The van der Waals surface area contributed by atoms with Crippen molar-refractivity contribution in [3.63, 3.8) is 0 Å². The van der Waals surface area contributed by atoms with E-state index < -0.39 is 12.0 Å². The van der Waals surface area contributed by atoms with Crippen LogP contribution in [-0.2, 0) is 19.1 Å². The molecule has 1 aliphatic rings. The Labute approximate surface area is 94.5 Å². The maximum absolute atomic E-state index is 11.5. The average molecular weight is 227 g/mol. The molecule has 1 fully saturated rings. The summed E-state index contributed by atoms with van der Waals surface area (Å²) in [7, 11) is 1.28. The fraction of sp³-hybridized carbons (Fsp3) is 0.727. The van der Waals surface area contributed by atoms with Crippen LogP contribution in [0.1, 0.15) is 32.6 Å². The van der Waals surface area contributed by atoms with Crippen molar-refractivity contribution in [1.29, 1.82) is 0 Å². The zero-order chi connectivity index (χ0) is 12.1. The summed E-state index contributed by atoms with van der Waals surface area (Å²) in [6.45, 7) is 1.35. The number of carbonyl (C=O) groups excluding carboxylic acids is 3. The molecule has 0 radical (unpaired) electrons. The molecule has 1 rings (SSSR count). The molecule has 0 heterocycles. The molecule has 0 saturated heterocycles. The molecule has 90 valence electrons. The Kier molecular flexibility index (Phi) is 4.46. The number of ether oxygens (including phenoxy) is 1. The van der Waals surface area contributed by atoms with Crippen LogP contribution in [0.4, 0.5) is 0 Å². The van der Waals surface area contributed by atoms with Gasteiger partial charge < -0.3 is 10.1 Å². The van der Waals surface area contributed by atoms with Gasteiger partial charge in [0.25, 0.3) is 0 Å². The standard InChI is InChI=1S/C11H17NO4/c1-7(13)12-10(11(15)16-2)8-4-3-5-9(14)6-8/h8,10H,3-6H2,1-2H3,(H,12,13)/t8-,10-/m1/s1. The molecule has 0 aromatic heterocycles. The molecule has 0 bridgehead atoms. The van der Waals surface area contributed by atoms with E-state index in [2.05, 4.69) is 10.1 Å². The first kappa shape index (κ1) is 12.7. The Hall–Kier alpha value is -1.39. The molecule has 0 unspecified atom stereocenters. The zero-order valence-electron chi connectivity index (χ0n) is 9.62. The monoisotopic (exact) mass is 227 g/mol. The van der Waals surface area contributed by atoms with Gasteiger partial charge in [-0.2, -0.15) is 0 Å². The van der Waals surface area contributed by atoms with Gasteiger partial charge in [-0.25, -0.2) is 4.79 Å². The van der Waals surface area contributed by atoms with Gasteiger partial charge in [-0.05, 0) is 18.8 Å². The predicted octanol–water partition coefficient (Wildman–Crippen LogP) is 0.423. The Morgan fingerprint density at radius 3 is 2.69 bits per heavy atom. The molecule has 1 aliphatic carbocycles. The third-order valence-corrected chi connectivity index (χ3v) is 2.81. The van der Waals surface area contributed by atoms with E-state index in [0.717, 1.165) is 12.8 Å². The first-order chi connectivity index (χ1) is 7.54. The van der Waals surface area contributed by atoms with Gasteiger partial charge in [0.1, 0.15) is 11.8 Å². The second kappa shape index (κ2) is 5.63. The van der Waals surface area contributed by atoms with Gasteiger partial charge in [-0.3, -0.25) is 9.59 Å². The van der Waals surface area contributed by atoms with Crippen LogP contribution in [-0.4, -0.2) is 30.8 Å². The minimum atomic E-state index is -0.688. The number of hydrogen-bond acceptors (Lipinski definition) is 4. The highest BCUT2D eigenvalue weighted by molar-refractivity contribution is 5.85. The van der Waals surface area contributed by atoms with Gasteiger partial charge in [0.15, 0.2) is 0 Å². The Balaban J connectivity index is 2.70. The van der Waals surface area contributed by atoms with Crippen LogP contribution in [0.5, 0.6) is 0 Å². The summed E-state index contributed by atoms with van der Waals surface area (Å²) in [4.78, 5) is 33.8. The minimum absolute atomic E-state index is 0.127. The van der Waals surface area contributed by atoms with Gasteiger partial charge >= 0.3 is 5.97 Å². The van der Waals surface area contributed by atoms with Crippen molar-refractivity contribution in [3.05, 3.63) is 0 Å². The topological polar surface area (TPSA) is 72.5 Å². The quantitative estimate of drug-likeness (QED) is 0.709. The maximum atomic E-state index is 11.5. The number of rotatable bonds is 3. The predicted molar refractivity (Wildman–Crippen MR) is 56.6 cm³/mol. The van der Waals surface area contributed by atoms with Crippen LogP contribution in [0.25, 0.3) is 0 Å². The SMILES string of the molecule is COC(=O)[C@H](NC(C)=O)[C@@H]1CCCC(=O)C1. The van der Waals surface area contributed by atoms with Crippen LogP contribution in [0.2, 0.25) is 0 Å². The van der Waals surface area contributed by atoms with Crippen molar-refractivity contribution in [1.82, 2.24) is 5.32 Å². The number of ketones is 1. The number of esters is 1. The first-order valence-corrected chi connectivity index (χ1v) is 5.41. The molecular formula is C11H17NO4. The summed E-state index contributed by atoms with van der Waals surface area (Å²) in [6, 6.07) is -0.688. The van der Waals surface area contributed by atoms with Crippen LogP contribution in [0.15, 0.2) is 0 Å². The van der Waals surface area contributed by atoms with Gasteiger partial charge in [-0.15, -0.1) is 0 Å². The van der Waals surface area contributed by atoms with Crippen molar-refractivity contribution < 1.29 is 19.1 Å². The molecule has 2 atom stereocenters. The van der Waals surface area contributed by atoms with Crippen molar-refractivity contribution in [3.8, 4) is 0 Å². The largest absolute Gasteiger partial charge is 0.467 e. The lowest BCUT2D eigenvalue weighted by Crippen LogP contribution is -2.47. The molecular weight excluding hydrogens is 210 g/mol. The van der Waals surface area contributed by atoms with Gasteiger partial charge in [0.2, 0.25) is 5.91 Å². The van der Waals surface area contributed by atoms with Crippen molar-refractivity contribution in [2.45, 2.75) is 38.6 Å². The second-order valence-corrected chi connectivity index (χ2v) is 4.10. The summed E-state index contributed by atoms with van der Waals surface area (Å²) in [5, 5.41) is 2.56. The minimum Gasteiger partial charge on any atom is -0.467 e. The van der Waals surface area contributed by atoms with E-state index in [1.54, 1.807) is 0 Å². The average Bonchev–Trinajstić information content (AvgIpc) is 2.24. The van der Waals surface area contributed by atoms with Gasteiger partial charge in [-0.1, -0.05) is 0 Å². The lowest BCUT2D eigenvalue weighted by Gasteiger charge is -2.27.